The van der Waals surface area contributed by atoms with Gasteiger partial charge in [0.05, 0.1) is 6.10 Å². The van der Waals surface area contributed by atoms with Gasteiger partial charge in [0.15, 0.2) is 17.2 Å². The minimum atomic E-state index is -2.67. The number of aromatic amines is 1. The Balaban J connectivity index is 1.54. The fourth-order valence-corrected chi connectivity index (χ4v) is 4.03. The minimum Gasteiger partial charge on any atom is -0.487 e. The van der Waals surface area contributed by atoms with Crippen LogP contribution in [0.1, 0.15) is 50.9 Å². The minimum absolute atomic E-state index is 0.0261. The summed E-state index contributed by atoms with van der Waals surface area (Å²) in [5.74, 6) is -2.89. The highest BCUT2D eigenvalue weighted by Crippen LogP contribution is 2.35. The molecule has 0 spiro atoms. The number of rotatable bonds is 6. The van der Waals surface area contributed by atoms with Crippen molar-refractivity contribution < 1.29 is 17.9 Å². The standard InChI is InChI=1S/C23H25F3N4O3/c1-3-29-20-19(21(31)30(4-2)22(29)32)27-18(28-20)8-6-14-5-7-17(16(24)13-14)33-15-9-11-23(25,26)12-10-15/h5-8,13,15H,3-4,9-12H2,1-2H3,(H,27,28). The van der Waals surface area contributed by atoms with E-state index in [1.165, 1.54) is 16.7 Å². The van der Waals surface area contributed by atoms with E-state index in [9.17, 15) is 22.8 Å². The van der Waals surface area contributed by atoms with Crippen molar-refractivity contribution in [3.05, 3.63) is 56.2 Å². The van der Waals surface area contributed by atoms with Crippen molar-refractivity contribution in [3.8, 4) is 5.75 Å². The summed E-state index contributed by atoms with van der Waals surface area (Å²) in [4.78, 5) is 32.3. The second kappa shape index (κ2) is 8.92. The molecule has 1 N–H and O–H groups in total. The van der Waals surface area contributed by atoms with Crippen molar-refractivity contribution >= 4 is 23.3 Å². The Hall–Kier alpha value is -3.30. The van der Waals surface area contributed by atoms with E-state index in [1.807, 2.05) is 0 Å². The lowest BCUT2D eigenvalue weighted by atomic mass is 9.94. The number of halogens is 3. The Morgan fingerprint density at radius 3 is 2.48 bits per heavy atom. The molecule has 1 fully saturated rings. The summed E-state index contributed by atoms with van der Waals surface area (Å²) in [6.07, 6.45) is 2.61. The van der Waals surface area contributed by atoms with Gasteiger partial charge < -0.3 is 9.72 Å². The molecular weight excluding hydrogens is 437 g/mol. The SMILES string of the molecule is CCn1c(=O)c2[nH]c(C=Cc3ccc(OC4CCC(F)(F)CC4)c(F)c3)nc2n(CC)c1=O. The lowest BCUT2D eigenvalue weighted by Gasteiger charge is -2.28. The van der Waals surface area contributed by atoms with Crippen LogP contribution in [-0.2, 0) is 13.1 Å². The summed E-state index contributed by atoms with van der Waals surface area (Å²) in [5.41, 5.74) is 0.159. The van der Waals surface area contributed by atoms with Crippen molar-refractivity contribution in [2.45, 2.75) is 64.6 Å². The van der Waals surface area contributed by atoms with Crippen LogP contribution in [-0.4, -0.2) is 31.1 Å². The molecule has 10 heteroatoms. The number of imidazole rings is 1. The average Bonchev–Trinajstić information content (AvgIpc) is 3.20. The molecule has 1 aromatic carbocycles. The number of benzene rings is 1. The highest BCUT2D eigenvalue weighted by atomic mass is 19.3. The zero-order valence-electron chi connectivity index (χ0n) is 18.4. The maximum absolute atomic E-state index is 14.5. The van der Waals surface area contributed by atoms with E-state index in [-0.39, 0.29) is 49.1 Å². The first-order valence-corrected chi connectivity index (χ1v) is 11.0. The number of aromatic nitrogens is 4. The Morgan fingerprint density at radius 2 is 1.85 bits per heavy atom. The van der Waals surface area contributed by atoms with Crippen LogP contribution in [0, 0.1) is 5.82 Å². The van der Waals surface area contributed by atoms with E-state index in [0.29, 0.717) is 17.9 Å². The predicted molar refractivity (Wildman–Crippen MR) is 119 cm³/mol. The Bertz CT molecular complexity index is 1310. The molecule has 4 rings (SSSR count). The van der Waals surface area contributed by atoms with Crippen LogP contribution in [0.15, 0.2) is 27.8 Å². The molecule has 0 bridgehead atoms. The van der Waals surface area contributed by atoms with Crippen LogP contribution in [0.25, 0.3) is 23.3 Å². The summed E-state index contributed by atoms with van der Waals surface area (Å²) >= 11 is 0. The van der Waals surface area contributed by atoms with Crippen molar-refractivity contribution in [2.75, 3.05) is 0 Å². The summed E-state index contributed by atoms with van der Waals surface area (Å²) in [5, 5.41) is 0. The molecule has 1 aliphatic rings. The Kier molecular flexibility index (Phi) is 6.18. The van der Waals surface area contributed by atoms with Crippen molar-refractivity contribution in [1.82, 2.24) is 19.1 Å². The molecule has 176 valence electrons. The number of hydrogen-bond donors (Lipinski definition) is 1. The second-order valence-electron chi connectivity index (χ2n) is 8.09. The fraction of sp³-hybridized carbons (Fsp3) is 0.435. The zero-order chi connectivity index (χ0) is 23.8. The molecule has 1 saturated carbocycles. The highest BCUT2D eigenvalue weighted by Gasteiger charge is 2.35. The Morgan fingerprint density at radius 1 is 1.15 bits per heavy atom. The molecule has 0 radical (unpaired) electrons. The van der Waals surface area contributed by atoms with Gasteiger partial charge in [-0.1, -0.05) is 12.1 Å². The molecule has 0 atom stereocenters. The van der Waals surface area contributed by atoms with E-state index in [4.69, 9.17) is 4.74 Å². The van der Waals surface area contributed by atoms with Crippen molar-refractivity contribution in [2.24, 2.45) is 0 Å². The van der Waals surface area contributed by atoms with Gasteiger partial charge in [-0.05, 0) is 50.5 Å². The molecular formula is C23H25F3N4O3. The number of nitrogens with zero attached hydrogens (tertiary/aromatic N) is 3. The van der Waals surface area contributed by atoms with Gasteiger partial charge in [0, 0.05) is 25.9 Å². The molecule has 0 saturated heterocycles. The topological polar surface area (TPSA) is 81.9 Å². The van der Waals surface area contributed by atoms with E-state index >= 15 is 0 Å². The maximum atomic E-state index is 14.5. The van der Waals surface area contributed by atoms with Gasteiger partial charge in [0.25, 0.3) is 5.56 Å². The smallest absolute Gasteiger partial charge is 0.332 e. The number of nitrogens with one attached hydrogen (secondary N) is 1. The molecule has 0 unspecified atom stereocenters. The number of alkyl halides is 2. The predicted octanol–water partition coefficient (Wildman–Crippen LogP) is 4.19. The third-order valence-electron chi connectivity index (χ3n) is 5.86. The molecule has 1 aliphatic carbocycles. The monoisotopic (exact) mass is 462 g/mol. The third kappa shape index (κ3) is 4.60. The highest BCUT2D eigenvalue weighted by molar-refractivity contribution is 5.75. The lowest BCUT2D eigenvalue weighted by molar-refractivity contribution is -0.0586. The van der Waals surface area contributed by atoms with E-state index in [1.54, 1.807) is 32.1 Å². The van der Waals surface area contributed by atoms with Crippen LogP contribution in [0.2, 0.25) is 0 Å². The van der Waals surface area contributed by atoms with Crippen LogP contribution < -0.4 is 16.0 Å². The van der Waals surface area contributed by atoms with Gasteiger partial charge in [0.2, 0.25) is 5.92 Å². The summed E-state index contributed by atoms with van der Waals surface area (Å²) in [6, 6.07) is 4.38. The molecule has 2 heterocycles. The van der Waals surface area contributed by atoms with Crippen LogP contribution in [0.3, 0.4) is 0 Å². The largest absolute Gasteiger partial charge is 0.487 e. The van der Waals surface area contributed by atoms with Gasteiger partial charge in [-0.15, -0.1) is 0 Å². The van der Waals surface area contributed by atoms with E-state index < -0.39 is 29.1 Å². The summed E-state index contributed by atoms with van der Waals surface area (Å²) in [6.45, 7) is 4.11. The Labute approximate surface area is 187 Å². The first-order chi connectivity index (χ1) is 15.7. The first kappa shape index (κ1) is 22.9. The molecule has 0 amide bonds. The molecule has 0 aliphatic heterocycles. The first-order valence-electron chi connectivity index (χ1n) is 11.0. The number of H-pyrrole nitrogens is 1. The maximum Gasteiger partial charge on any atom is 0.332 e. The quantitative estimate of drug-likeness (QED) is 0.596. The van der Waals surface area contributed by atoms with E-state index in [0.717, 1.165) is 4.57 Å². The zero-order valence-corrected chi connectivity index (χ0v) is 18.4. The fourth-order valence-electron chi connectivity index (χ4n) is 4.03. The second-order valence-corrected chi connectivity index (χ2v) is 8.09. The van der Waals surface area contributed by atoms with Gasteiger partial charge in [0.1, 0.15) is 11.3 Å². The normalized spacial score (nSPS) is 16.6. The molecule has 2 aromatic heterocycles. The summed E-state index contributed by atoms with van der Waals surface area (Å²) < 4.78 is 49.2. The summed E-state index contributed by atoms with van der Waals surface area (Å²) in [7, 11) is 0. The third-order valence-corrected chi connectivity index (χ3v) is 5.86. The van der Waals surface area contributed by atoms with Crippen LogP contribution >= 0.6 is 0 Å². The van der Waals surface area contributed by atoms with Crippen molar-refractivity contribution in [3.63, 3.8) is 0 Å². The molecule has 3 aromatic rings. The number of hydrogen-bond acceptors (Lipinski definition) is 4. The average molecular weight is 462 g/mol. The van der Waals surface area contributed by atoms with Gasteiger partial charge in [-0.25, -0.2) is 22.9 Å². The van der Waals surface area contributed by atoms with Gasteiger partial charge in [-0.3, -0.25) is 13.9 Å². The van der Waals surface area contributed by atoms with Crippen LogP contribution in [0.5, 0.6) is 5.75 Å². The lowest BCUT2D eigenvalue weighted by Crippen LogP contribution is -2.39. The molecule has 33 heavy (non-hydrogen) atoms. The van der Waals surface area contributed by atoms with Gasteiger partial charge in [-0.2, -0.15) is 0 Å². The number of fused-ring (bicyclic) bond motifs is 1. The van der Waals surface area contributed by atoms with Gasteiger partial charge >= 0.3 is 5.69 Å². The van der Waals surface area contributed by atoms with Crippen LogP contribution in [0.4, 0.5) is 13.2 Å². The number of aryl methyl sites for hydroxylation is 1. The van der Waals surface area contributed by atoms with Crippen molar-refractivity contribution in [1.29, 1.82) is 0 Å². The van der Waals surface area contributed by atoms with E-state index in [2.05, 4.69) is 9.97 Å². The molecule has 7 nitrogen and oxygen atoms in total. The number of ether oxygens (including phenoxy) is 1.